The Balaban J connectivity index is 2.74. The van der Waals surface area contributed by atoms with Gasteiger partial charge in [-0.3, -0.25) is 4.79 Å². The molecule has 5 nitrogen and oxygen atoms in total. The number of carboxylic acids is 1. The van der Waals surface area contributed by atoms with E-state index in [0.717, 1.165) is 13.2 Å². The first-order valence-corrected chi connectivity index (χ1v) is 5.54. The zero-order valence-corrected chi connectivity index (χ0v) is 10.7. The quantitative estimate of drug-likeness (QED) is 0.640. The van der Waals surface area contributed by atoms with Crippen LogP contribution in [0.25, 0.3) is 0 Å². The van der Waals surface area contributed by atoms with Crippen molar-refractivity contribution in [2.24, 2.45) is 5.73 Å². The van der Waals surface area contributed by atoms with Gasteiger partial charge in [-0.05, 0) is 45.2 Å². The first-order chi connectivity index (χ1) is 6.00. The Bertz CT molecular complexity index is 326. The molecule has 1 rings (SSSR count). The van der Waals surface area contributed by atoms with Crippen LogP contribution < -0.4 is 5.73 Å². The summed E-state index contributed by atoms with van der Waals surface area (Å²) in [5.41, 5.74) is 6.15. The Hall–Kier alpha value is 0.1000. The van der Waals surface area contributed by atoms with E-state index in [-0.39, 0.29) is 6.42 Å². The summed E-state index contributed by atoms with van der Waals surface area (Å²) in [4.78, 5) is 17.5. The third-order valence-corrected chi connectivity index (χ3v) is 2.84. The largest absolute Gasteiger partial charge is 0.480 e. The lowest BCUT2D eigenvalue weighted by Crippen LogP contribution is -2.32. The zero-order valence-electron chi connectivity index (χ0n) is 6.42. The Morgan fingerprint density at radius 3 is 2.69 bits per heavy atom. The van der Waals surface area contributed by atoms with Crippen molar-refractivity contribution in [3.63, 3.8) is 0 Å². The summed E-state index contributed by atoms with van der Waals surface area (Å²) in [6.07, 6.45) is 0.281. The highest BCUT2D eigenvalue weighted by atomic mass is 127. The number of halogens is 2. The van der Waals surface area contributed by atoms with Crippen molar-refractivity contribution < 1.29 is 9.90 Å². The van der Waals surface area contributed by atoms with Crippen LogP contribution in [-0.2, 0) is 11.2 Å². The maximum absolute atomic E-state index is 10.5. The average molecular weight is 407 g/mol. The number of imidazole rings is 1. The van der Waals surface area contributed by atoms with Crippen LogP contribution in [0.1, 0.15) is 5.69 Å². The van der Waals surface area contributed by atoms with Crippen LogP contribution in [-0.4, -0.2) is 27.1 Å². The summed E-state index contributed by atoms with van der Waals surface area (Å²) in [5.74, 6) is -1.000. The average Bonchev–Trinajstić information content (AvgIpc) is 2.30. The van der Waals surface area contributed by atoms with E-state index in [1.54, 1.807) is 0 Å². The molecular formula is C6H7I2N3O2. The van der Waals surface area contributed by atoms with E-state index >= 15 is 0 Å². The van der Waals surface area contributed by atoms with Crippen molar-refractivity contribution in [2.75, 3.05) is 0 Å². The lowest BCUT2D eigenvalue weighted by Gasteiger charge is -2.03. The van der Waals surface area contributed by atoms with Crippen molar-refractivity contribution >= 4 is 51.2 Å². The third-order valence-electron chi connectivity index (χ3n) is 1.44. The molecule has 0 spiro atoms. The number of carbonyl (C=O) groups is 1. The molecule has 0 bridgehead atoms. The highest BCUT2D eigenvalue weighted by Crippen LogP contribution is 2.12. The van der Waals surface area contributed by atoms with Crippen molar-refractivity contribution in [1.82, 2.24) is 9.97 Å². The molecule has 0 aromatic carbocycles. The number of rotatable bonds is 3. The lowest BCUT2D eigenvalue weighted by atomic mass is 10.2. The van der Waals surface area contributed by atoms with Gasteiger partial charge in [0.05, 0.1) is 5.69 Å². The molecular weight excluding hydrogens is 400 g/mol. The highest BCUT2D eigenvalue weighted by molar-refractivity contribution is 14.1. The number of nitrogens with two attached hydrogens (primary N) is 1. The van der Waals surface area contributed by atoms with Crippen molar-refractivity contribution in [3.05, 3.63) is 13.2 Å². The monoisotopic (exact) mass is 407 g/mol. The predicted molar refractivity (Wildman–Crippen MR) is 63.3 cm³/mol. The van der Waals surface area contributed by atoms with Crippen LogP contribution in [0, 0.1) is 7.53 Å². The predicted octanol–water partition coefficient (Wildman–Crippen LogP) is 0.573. The number of hydrogen-bond acceptors (Lipinski definition) is 3. The van der Waals surface area contributed by atoms with Crippen LogP contribution in [0.15, 0.2) is 0 Å². The van der Waals surface area contributed by atoms with E-state index in [4.69, 9.17) is 10.8 Å². The normalized spacial score (nSPS) is 12.8. The molecule has 0 aliphatic rings. The molecule has 0 saturated heterocycles. The number of aromatic nitrogens is 2. The lowest BCUT2D eigenvalue weighted by molar-refractivity contribution is -0.138. The van der Waals surface area contributed by atoms with Crippen LogP contribution in [0.5, 0.6) is 0 Å². The van der Waals surface area contributed by atoms with Gasteiger partial charge in [-0.15, -0.1) is 0 Å². The molecule has 72 valence electrons. The molecule has 1 atom stereocenters. The molecule has 1 heterocycles. The maximum atomic E-state index is 10.5. The molecule has 1 aromatic heterocycles. The Morgan fingerprint density at radius 2 is 2.31 bits per heavy atom. The molecule has 7 heteroatoms. The summed E-state index contributed by atoms with van der Waals surface area (Å²) < 4.78 is 1.52. The molecule has 0 saturated carbocycles. The van der Waals surface area contributed by atoms with Crippen LogP contribution in [0.3, 0.4) is 0 Å². The number of aromatic amines is 1. The fourth-order valence-corrected chi connectivity index (χ4v) is 2.42. The maximum Gasteiger partial charge on any atom is 0.320 e. The standard InChI is InChI=1S/C6H7I2N3O2/c7-4-3(10-6(8)11-4)1-2(9)5(12)13/h2H,1,9H2,(H,10,11)(H,12,13)/t2-/m1/s1. The van der Waals surface area contributed by atoms with Gasteiger partial charge < -0.3 is 15.8 Å². The SMILES string of the molecule is N[C@H](Cc1[nH]c(I)nc1I)C(=O)O. The molecule has 1 aromatic rings. The van der Waals surface area contributed by atoms with Gasteiger partial charge in [0, 0.05) is 6.42 Å². The molecule has 13 heavy (non-hydrogen) atoms. The molecule has 0 unspecified atom stereocenters. The third kappa shape index (κ3) is 3.06. The topological polar surface area (TPSA) is 92.0 Å². The van der Waals surface area contributed by atoms with Gasteiger partial charge in [0.25, 0.3) is 0 Å². The van der Waals surface area contributed by atoms with Gasteiger partial charge in [0.1, 0.15) is 9.74 Å². The van der Waals surface area contributed by atoms with E-state index in [1.165, 1.54) is 0 Å². The summed E-state index contributed by atoms with van der Waals surface area (Å²) in [6.45, 7) is 0. The van der Waals surface area contributed by atoms with E-state index in [9.17, 15) is 4.79 Å². The summed E-state index contributed by atoms with van der Waals surface area (Å²) in [7, 11) is 0. The molecule has 0 fully saturated rings. The van der Waals surface area contributed by atoms with E-state index < -0.39 is 12.0 Å². The highest BCUT2D eigenvalue weighted by Gasteiger charge is 2.15. The minimum atomic E-state index is -1.000. The van der Waals surface area contributed by atoms with E-state index in [1.807, 2.05) is 45.2 Å². The second-order valence-corrected chi connectivity index (χ2v) is 4.49. The minimum Gasteiger partial charge on any atom is -0.480 e. The van der Waals surface area contributed by atoms with E-state index in [2.05, 4.69) is 9.97 Å². The number of hydrogen-bond donors (Lipinski definition) is 3. The van der Waals surface area contributed by atoms with Gasteiger partial charge >= 0.3 is 5.97 Å². The van der Waals surface area contributed by atoms with Crippen molar-refractivity contribution in [2.45, 2.75) is 12.5 Å². The minimum absolute atomic E-state index is 0.281. The smallest absolute Gasteiger partial charge is 0.320 e. The summed E-state index contributed by atoms with van der Waals surface area (Å²) >= 11 is 4.07. The number of nitrogens with one attached hydrogen (secondary N) is 1. The Labute approximate surface area is 102 Å². The Morgan fingerprint density at radius 1 is 1.69 bits per heavy atom. The molecule has 0 amide bonds. The summed E-state index contributed by atoms with van der Waals surface area (Å²) in [6, 6.07) is -0.871. The van der Waals surface area contributed by atoms with E-state index in [0.29, 0.717) is 0 Å². The van der Waals surface area contributed by atoms with Crippen molar-refractivity contribution in [3.8, 4) is 0 Å². The second-order valence-electron chi connectivity index (χ2n) is 2.45. The van der Waals surface area contributed by atoms with Crippen LogP contribution in [0.2, 0.25) is 0 Å². The number of H-pyrrole nitrogens is 1. The van der Waals surface area contributed by atoms with Gasteiger partial charge in [0.2, 0.25) is 0 Å². The second kappa shape index (κ2) is 4.55. The molecule has 0 radical (unpaired) electrons. The number of aliphatic carboxylic acids is 1. The molecule has 0 aliphatic heterocycles. The Kier molecular flexibility index (Phi) is 3.91. The van der Waals surface area contributed by atoms with Gasteiger partial charge in [0.15, 0.2) is 3.83 Å². The van der Waals surface area contributed by atoms with Crippen LogP contribution in [0.4, 0.5) is 0 Å². The summed E-state index contributed by atoms with van der Waals surface area (Å²) in [5, 5.41) is 8.58. The number of nitrogens with zero attached hydrogens (tertiary/aromatic N) is 1. The van der Waals surface area contributed by atoms with Gasteiger partial charge in [-0.1, -0.05) is 0 Å². The van der Waals surface area contributed by atoms with Crippen molar-refractivity contribution in [1.29, 1.82) is 0 Å². The fourth-order valence-electron chi connectivity index (χ4n) is 0.800. The first-order valence-electron chi connectivity index (χ1n) is 3.39. The zero-order chi connectivity index (χ0) is 10.0. The van der Waals surface area contributed by atoms with Gasteiger partial charge in [-0.25, -0.2) is 4.98 Å². The molecule has 4 N–H and O–H groups in total. The fraction of sp³-hybridized carbons (Fsp3) is 0.333. The van der Waals surface area contributed by atoms with Gasteiger partial charge in [-0.2, -0.15) is 0 Å². The first kappa shape index (κ1) is 11.2. The molecule has 0 aliphatic carbocycles. The van der Waals surface area contributed by atoms with Crippen LogP contribution >= 0.6 is 45.2 Å². The number of carboxylic acid groups (broad SMARTS) is 1.